The summed E-state index contributed by atoms with van der Waals surface area (Å²) in [7, 11) is 0. The first-order chi connectivity index (χ1) is 6.83. The van der Waals surface area contributed by atoms with Gasteiger partial charge in [-0.05, 0) is 30.7 Å². The lowest BCUT2D eigenvalue weighted by Crippen LogP contribution is -2.13. The van der Waals surface area contributed by atoms with Crippen molar-refractivity contribution in [1.82, 2.24) is 5.32 Å². The van der Waals surface area contributed by atoms with E-state index in [0.29, 0.717) is 0 Å². The van der Waals surface area contributed by atoms with Gasteiger partial charge in [-0.25, -0.2) is 0 Å². The topological polar surface area (TPSA) is 12.0 Å². The number of hydrogen-bond donors (Lipinski definition) is 1. The van der Waals surface area contributed by atoms with Crippen LogP contribution < -0.4 is 5.32 Å². The Kier molecular flexibility index (Phi) is 5.35. The van der Waals surface area contributed by atoms with Crippen LogP contribution in [0.3, 0.4) is 0 Å². The van der Waals surface area contributed by atoms with Gasteiger partial charge in [0.15, 0.2) is 0 Å². The fourth-order valence-electron chi connectivity index (χ4n) is 1.17. The highest BCUT2D eigenvalue weighted by Crippen LogP contribution is 2.11. The molecule has 0 aliphatic rings. The molecular weight excluding hydrogens is 194 g/mol. The van der Waals surface area contributed by atoms with Crippen LogP contribution in [-0.2, 0) is 0 Å². The van der Waals surface area contributed by atoms with E-state index >= 15 is 0 Å². The van der Waals surface area contributed by atoms with Crippen LogP contribution in [0.1, 0.15) is 18.9 Å². The minimum atomic E-state index is 0.786. The van der Waals surface area contributed by atoms with Crippen molar-refractivity contribution >= 4 is 17.7 Å². The zero-order valence-electron chi connectivity index (χ0n) is 8.46. The summed E-state index contributed by atoms with van der Waals surface area (Å²) in [6.45, 7) is 4.15. The quantitative estimate of drug-likeness (QED) is 0.734. The van der Waals surface area contributed by atoms with Crippen molar-refractivity contribution in [3.8, 4) is 0 Å². The van der Waals surface area contributed by atoms with E-state index in [1.807, 2.05) is 24.3 Å². The second-order valence-electron chi connectivity index (χ2n) is 3.16. The molecule has 0 aliphatic heterocycles. The molecule has 1 aromatic rings. The van der Waals surface area contributed by atoms with E-state index in [0.717, 1.165) is 23.7 Å². The molecule has 0 heterocycles. The zero-order chi connectivity index (χ0) is 10.2. The van der Waals surface area contributed by atoms with E-state index in [4.69, 9.17) is 11.6 Å². The molecule has 76 valence electrons. The molecule has 1 nitrogen and oxygen atoms in total. The number of halogens is 1. The maximum absolute atomic E-state index is 5.86. The molecule has 0 saturated heterocycles. The van der Waals surface area contributed by atoms with Crippen LogP contribution in [0.4, 0.5) is 0 Å². The predicted molar refractivity (Wildman–Crippen MR) is 63.6 cm³/mol. The van der Waals surface area contributed by atoms with Gasteiger partial charge in [0.05, 0.1) is 0 Å². The van der Waals surface area contributed by atoms with Crippen molar-refractivity contribution in [2.75, 3.05) is 13.1 Å². The van der Waals surface area contributed by atoms with E-state index in [2.05, 4.69) is 24.4 Å². The van der Waals surface area contributed by atoms with Crippen LogP contribution in [0.2, 0.25) is 5.02 Å². The number of rotatable bonds is 5. The SMILES string of the molecule is CCCNCC=Cc1cccc(Cl)c1. The van der Waals surface area contributed by atoms with Gasteiger partial charge >= 0.3 is 0 Å². The van der Waals surface area contributed by atoms with Crippen LogP contribution in [0.25, 0.3) is 6.08 Å². The smallest absolute Gasteiger partial charge is 0.0411 e. The Morgan fingerprint density at radius 2 is 2.29 bits per heavy atom. The number of hydrogen-bond acceptors (Lipinski definition) is 1. The van der Waals surface area contributed by atoms with Gasteiger partial charge in [-0.1, -0.05) is 42.8 Å². The molecule has 0 aliphatic carbocycles. The van der Waals surface area contributed by atoms with Crippen LogP contribution in [-0.4, -0.2) is 13.1 Å². The summed E-state index contributed by atoms with van der Waals surface area (Å²) in [5.41, 5.74) is 1.15. The van der Waals surface area contributed by atoms with Gasteiger partial charge in [0.25, 0.3) is 0 Å². The Labute approximate surface area is 90.8 Å². The molecule has 0 fully saturated rings. The average Bonchev–Trinajstić information content (AvgIpc) is 2.18. The van der Waals surface area contributed by atoms with Crippen molar-refractivity contribution in [2.45, 2.75) is 13.3 Å². The largest absolute Gasteiger partial charge is 0.313 e. The Morgan fingerprint density at radius 1 is 1.43 bits per heavy atom. The van der Waals surface area contributed by atoms with Crippen molar-refractivity contribution in [2.24, 2.45) is 0 Å². The monoisotopic (exact) mass is 209 g/mol. The van der Waals surface area contributed by atoms with Gasteiger partial charge in [0, 0.05) is 11.6 Å². The van der Waals surface area contributed by atoms with E-state index < -0.39 is 0 Å². The van der Waals surface area contributed by atoms with Crippen LogP contribution in [0, 0.1) is 0 Å². The molecule has 0 unspecified atom stereocenters. The summed E-state index contributed by atoms with van der Waals surface area (Å²) in [4.78, 5) is 0. The Morgan fingerprint density at radius 3 is 3.00 bits per heavy atom. The third-order valence-corrected chi connectivity index (χ3v) is 2.08. The summed E-state index contributed by atoms with van der Waals surface area (Å²) in [6.07, 6.45) is 5.36. The first-order valence-corrected chi connectivity index (χ1v) is 5.33. The van der Waals surface area contributed by atoms with Gasteiger partial charge in [-0.2, -0.15) is 0 Å². The third kappa shape index (κ3) is 4.45. The number of benzene rings is 1. The van der Waals surface area contributed by atoms with Crippen LogP contribution >= 0.6 is 11.6 Å². The van der Waals surface area contributed by atoms with Gasteiger partial charge in [0.1, 0.15) is 0 Å². The molecule has 2 heteroatoms. The Balaban J connectivity index is 2.36. The molecule has 0 aromatic heterocycles. The van der Waals surface area contributed by atoms with Gasteiger partial charge in [-0.3, -0.25) is 0 Å². The summed E-state index contributed by atoms with van der Waals surface area (Å²) in [5.74, 6) is 0. The molecule has 0 saturated carbocycles. The summed E-state index contributed by atoms with van der Waals surface area (Å²) >= 11 is 5.86. The van der Waals surface area contributed by atoms with Gasteiger partial charge in [-0.15, -0.1) is 0 Å². The Bertz CT molecular complexity index is 294. The fraction of sp³-hybridized carbons (Fsp3) is 0.333. The molecule has 0 atom stereocenters. The van der Waals surface area contributed by atoms with Crippen molar-refractivity contribution in [3.63, 3.8) is 0 Å². The maximum Gasteiger partial charge on any atom is 0.0411 e. The van der Waals surface area contributed by atoms with Gasteiger partial charge in [0.2, 0.25) is 0 Å². The molecule has 1 N–H and O–H groups in total. The van der Waals surface area contributed by atoms with Crippen LogP contribution in [0.5, 0.6) is 0 Å². The fourth-order valence-corrected chi connectivity index (χ4v) is 1.37. The van der Waals surface area contributed by atoms with E-state index in [1.54, 1.807) is 0 Å². The van der Waals surface area contributed by atoms with E-state index in [1.165, 1.54) is 6.42 Å². The molecule has 0 radical (unpaired) electrons. The standard InChI is InChI=1S/C12H16ClN/c1-2-8-14-9-4-6-11-5-3-7-12(13)10-11/h3-7,10,14H,2,8-9H2,1H3. The van der Waals surface area contributed by atoms with Crippen molar-refractivity contribution in [3.05, 3.63) is 40.9 Å². The molecule has 1 rings (SSSR count). The summed E-state index contributed by atoms with van der Waals surface area (Å²) in [5, 5.41) is 4.09. The minimum absolute atomic E-state index is 0.786. The second-order valence-corrected chi connectivity index (χ2v) is 3.60. The predicted octanol–water partition coefficient (Wildman–Crippen LogP) is 3.35. The highest BCUT2D eigenvalue weighted by Gasteiger charge is 1.87. The molecule has 0 bridgehead atoms. The van der Waals surface area contributed by atoms with Crippen molar-refractivity contribution < 1.29 is 0 Å². The molecular formula is C12H16ClN. The van der Waals surface area contributed by atoms with Crippen molar-refractivity contribution in [1.29, 1.82) is 0 Å². The van der Waals surface area contributed by atoms with E-state index in [-0.39, 0.29) is 0 Å². The maximum atomic E-state index is 5.86. The van der Waals surface area contributed by atoms with Gasteiger partial charge < -0.3 is 5.32 Å². The molecule has 1 aromatic carbocycles. The molecule has 0 spiro atoms. The average molecular weight is 210 g/mol. The van der Waals surface area contributed by atoms with Crippen LogP contribution in [0.15, 0.2) is 30.3 Å². The number of nitrogens with one attached hydrogen (secondary N) is 1. The first kappa shape index (κ1) is 11.3. The lowest BCUT2D eigenvalue weighted by molar-refractivity contribution is 0.730. The minimum Gasteiger partial charge on any atom is -0.313 e. The normalized spacial score (nSPS) is 11.0. The Hall–Kier alpha value is -0.790. The first-order valence-electron chi connectivity index (χ1n) is 4.95. The molecule has 0 amide bonds. The lowest BCUT2D eigenvalue weighted by atomic mass is 10.2. The molecule has 14 heavy (non-hydrogen) atoms. The lowest BCUT2D eigenvalue weighted by Gasteiger charge is -1.97. The summed E-state index contributed by atoms with van der Waals surface area (Å²) in [6, 6.07) is 7.84. The van der Waals surface area contributed by atoms with E-state index in [9.17, 15) is 0 Å². The highest BCUT2D eigenvalue weighted by molar-refractivity contribution is 6.30. The summed E-state index contributed by atoms with van der Waals surface area (Å²) < 4.78 is 0. The second kappa shape index (κ2) is 6.63. The zero-order valence-corrected chi connectivity index (χ0v) is 9.22. The highest BCUT2D eigenvalue weighted by atomic mass is 35.5. The third-order valence-electron chi connectivity index (χ3n) is 1.85.